The molecule has 7 nitrogen and oxygen atoms in total. The van der Waals surface area contributed by atoms with Crippen molar-refractivity contribution < 1.29 is 28.6 Å². The molecule has 3 aliphatic rings. The summed E-state index contributed by atoms with van der Waals surface area (Å²) in [6.45, 7) is 2.32. The SMILES string of the molecule is CCOC(=O)[C@H]1C(=O)N(Cc2ccc3c(c2)OCO3)C12C=CC(=O)C=C2. The number of rotatable bonds is 4. The van der Waals surface area contributed by atoms with Crippen LogP contribution in [0.15, 0.2) is 42.5 Å². The van der Waals surface area contributed by atoms with Crippen LogP contribution in [0.2, 0.25) is 0 Å². The Morgan fingerprint density at radius 3 is 2.69 bits per heavy atom. The first-order valence-corrected chi connectivity index (χ1v) is 8.34. The van der Waals surface area contributed by atoms with Gasteiger partial charge < -0.3 is 19.1 Å². The van der Waals surface area contributed by atoms with E-state index in [1.807, 2.05) is 12.1 Å². The number of carbonyl (C=O) groups is 3. The van der Waals surface area contributed by atoms with Gasteiger partial charge in [0.15, 0.2) is 23.2 Å². The fourth-order valence-corrected chi connectivity index (χ4v) is 3.50. The van der Waals surface area contributed by atoms with E-state index >= 15 is 0 Å². The summed E-state index contributed by atoms with van der Waals surface area (Å²) in [6.07, 6.45) is 5.97. The van der Waals surface area contributed by atoms with Crippen molar-refractivity contribution in [2.75, 3.05) is 13.4 Å². The van der Waals surface area contributed by atoms with Gasteiger partial charge in [0.1, 0.15) is 5.54 Å². The first-order valence-electron chi connectivity index (χ1n) is 8.34. The quantitative estimate of drug-likeness (QED) is 0.461. The number of hydrogen-bond donors (Lipinski definition) is 0. The minimum atomic E-state index is -0.979. The molecule has 0 bridgehead atoms. The number of fused-ring (bicyclic) bond motifs is 1. The maximum atomic E-state index is 12.7. The Hall–Kier alpha value is -3.09. The standard InChI is InChI=1S/C19H17NO6/c1-2-24-18(23)16-17(22)20(19(16)7-5-13(21)6-8-19)10-12-3-4-14-15(9-12)26-11-25-14/h3-9,16H,2,10-11H2,1H3/t16-/m1/s1. The van der Waals surface area contributed by atoms with Crippen LogP contribution >= 0.6 is 0 Å². The molecule has 134 valence electrons. The van der Waals surface area contributed by atoms with Crippen LogP contribution in [0.3, 0.4) is 0 Å². The zero-order chi connectivity index (χ0) is 18.3. The number of ether oxygens (including phenoxy) is 3. The lowest BCUT2D eigenvalue weighted by molar-refractivity contribution is -0.177. The Morgan fingerprint density at radius 2 is 1.96 bits per heavy atom. The van der Waals surface area contributed by atoms with Gasteiger partial charge in [-0.15, -0.1) is 0 Å². The molecule has 1 aromatic rings. The third kappa shape index (κ3) is 2.39. The highest BCUT2D eigenvalue weighted by molar-refractivity contribution is 6.09. The van der Waals surface area contributed by atoms with Gasteiger partial charge in [-0.3, -0.25) is 14.4 Å². The Kier molecular flexibility index (Phi) is 3.79. The number of β-lactam (4-membered cyclic amide) rings is 1. The topological polar surface area (TPSA) is 82.1 Å². The van der Waals surface area contributed by atoms with Gasteiger partial charge in [0.2, 0.25) is 12.7 Å². The molecule has 2 aliphatic heterocycles. The van der Waals surface area contributed by atoms with Gasteiger partial charge in [-0.05, 0) is 48.9 Å². The molecule has 1 aromatic carbocycles. The van der Waals surface area contributed by atoms with Crippen molar-refractivity contribution in [3.8, 4) is 11.5 Å². The normalized spacial score (nSPS) is 21.9. The maximum Gasteiger partial charge on any atom is 0.321 e. The van der Waals surface area contributed by atoms with E-state index in [0.29, 0.717) is 11.5 Å². The molecule has 4 rings (SSSR count). The Bertz CT molecular complexity index is 840. The molecule has 26 heavy (non-hydrogen) atoms. The molecule has 1 saturated heterocycles. The van der Waals surface area contributed by atoms with Gasteiger partial charge in [-0.2, -0.15) is 0 Å². The molecule has 0 saturated carbocycles. The second kappa shape index (κ2) is 6.01. The predicted molar refractivity (Wildman–Crippen MR) is 89.3 cm³/mol. The van der Waals surface area contributed by atoms with Crippen molar-refractivity contribution in [1.82, 2.24) is 4.90 Å². The Labute approximate surface area is 149 Å². The summed E-state index contributed by atoms with van der Waals surface area (Å²) in [5.74, 6) is -0.784. The van der Waals surface area contributed by atoms with E-state index in [0.717, 1.165) is 5.56 Å². The van der Waals surface area contributed by atoms with Crippen LogP contribution in [0.1, 0.15) is 12.5 Å². The number of amides is 1. The zero-order valence-electron chi connectivity index (χ0n) is 14.1. The Morgan fingerprint density at radius 1 is 1.23 bits per heavy atom. The van der Waals surface area contributed by atoms with Gasteiger partial charge in [-0.1, -0.05) is 6.07 Å². The van der Waals surface area contributed by atoms with E-state index in [2.05, 4.69) is 0 Å². The minimum Gasteiger partial charge on any atom is -0.465 e. The molecular weight excluding hydrogens is 338 g/mol. The van der Waals surface area contributed by atoms with Crippen molar-refractivity contribution in [2.45, 2.75) is 19.0 Å². The van der Waals surface area contributed by atoms with Crippen LogP contribution in [-0.4, -0.2) is 41.5 Å². The van der Waals surface area contributed by atoms with Gasteiger partial charge >= 0.3 is 5.97 Å². The smallest absolute Gasteiger partial charge is 0.321 e. The second-order valence-corrected chi connectivity index (χ2v) is 6.25. The van der Waals surface area contributed by atoms with E-state index in [9.17, 15) is 14.4 Å². The summed E-state index contributed by atoms with van der Waals surface area (Å²) >= 11 is 0. The van der Waals surface area contributed by atoms with Gasteiger partial charge in [-0.25, -0.2) is 0 Å². The summed E-state index contributed by atoms with van der Waals surface area (Å²) in [5, 5.41) is 0. The lowest BCUT2D eigenvalue weighted by Gasteiger charge is -2.54. The lowest BCUT2D eigenvalue weighted by atomic mass is 9.70. The summed E-state index contributed by atoms with van der Waals surface area (Å²) < 4.78 is 15.7. The molecule has 1 amide bonds. The summed E-state index contributed by atoms with van der Waals surface area (Å²) in [5.41, 5.74) is -0.142. The molecule has 7 heteroatoms. The summed E-state index contributed by atoms with van der Waals surface area (Å²) in [6, 6.07) is 5.43. The lowest BCUT2D eigenvalue weighted by Crippen LogP contribution is -2.71. The van der Waals surface area contributed by atoms with Crippen LogP contribution < -0.4 is 9.47 Å². The molecule has 0 unspecified atom stereocenters. The van der Waals surface area contributed by atoms with Crippen LogP contribution in [0.25, 0.3) is 0 Å². The highest BCUT2D eigenvalue weighted by Gasteiger charge is 2.62. The molecule has 0 N–H and O–H groups in total. The monoisotopic (exact) mass is 355 g/mol. The largest absolute Gasteiger partial charge is 0.465 e. The van der Waals surface area contributed by atoms with Crippen molar-refractivity contribution in [3.05, 3.63) is 48.1 Å². The van der Waals surface area contributed by atoms with E-state index in [1.54, 1.807) is 30.0 Å². The van der Waals surface area contributed by atoms with E-state index < -0.39 is 17.4 Å². The first kappa shape index (κ1) is 16.4. The predicted octanol–water partition coefficient (Wildman–Crippen LogP) is 1.37. The molecular formula is C19H17NO6. The zero-order valence-corrected chi connectivity index (χ0v) is 14.1. The molecule has 0 aromatic heterocycles. The molecule has 1 aliphatic carbocycles. The summed E-state index contributed by atoms with van der Waals surface area (Å²) in [4.78, 5) is 38.1. The molecule has 2 heterocycles. The third-order valence-electron chi connectivity index (χ3n) is 4.77. The minimum absolute atomic E-state index is 0.171. The second-order valence-electron chi connectivity index (χ2n) is 6.25. The third-order valence-corrected chi connectivity index (χ3v) is 4.77. The highest BCUT2D eigenvalue weighted by atomic mass is 16.7. The number of nitrogens with zero attached hydrogens (tertiary/aromatic N) is 1. The van der Waals surface area contributed by atoms with Crippen molar-refractivity contribution in [3.63, 3.8) is 0 Å². The number of benzene rings is 1. The van der Waals surface area contributed by atoms with Crippen LogP contribution in [-0.2, 0) is 25.7 Å². The highest BCUT2D eigenvalue weighted by Crippen LogP contribution is 2.44. The van der Waals surface area contributed by atoms with Gasteiger partial charge in [0, 0.05) is 6.54 Å². The maximum absolute atomic E-state index is 12.7. The molecule has 1 spiro atoms. The molecule has 0 radical (unpaired) electrons. The number of ketones is 1. The molecule has 1 atom stereocenters. The number of allylic oxidation sites excluding steroid dienone is 2. The number of likely N-dealkylation sites (tertiary alicyclic amines) is 1. The number of carbonyl (C=O) groups excluding carboxylic acids is 3. The fourth-order valence-electron chi connectivity index (χ4n) is 3.50. The van der Waals surface area contributed by atoms with Crippen LogP contribution in [0, 0.1) is 5.92 Å². The average Bonchev–Trinajstić information content (AvgIpc) is 3.09. The van der Waals surface area contributed by atoms with E-state index in [1.165, 1.54) is 12.2 Å². The van der Waals surface area contributed by atoms with Crippen molar-refractivity contribution >= 4 is 17.7 Å². The van der Waals surface area contributed by atoms with Crippen molar-refractivity contribution in [2.24, 2.45) is 5.92 Å². The van der Waals surface area contributed by atoms with Gasteiger partial charge in [0.05, 0.1) is 6.61 Å². The summed E-state index contributed by atoms with van der Waals surface area (Å²) in [7, 11) is 0. The fraction of sp³-hybridized carbons (Fsp3) is 0.316. The number of esters is 1. The Balaban J connectivity index is 1.63. The average molecular weight is 355 g/mol. The first-order chi connectivity index (χ1) is 12.5. The number of hydrogen-bond acceptors (Lipinski definition) is 6. The molecule has 1 fully saturated rings. The van der Waals surface area contributed by atoms with Crippen LogP contribution in [0.5, 0.6) is 11.5 Å². The van der Waals surface area contributed by atoms with E-state index in [4.69, 9.17) is 14.2 Å². The van der Waals surface area contributed by atoms with E-state index in [-0.39, 0.29) is 31.6 Å². The van der Waals surface area contributed by atoms with Gasteiger partial charge in [0.25, 0.3) is 0 Å². The van der Waals surface area contributed by atoms with Crippen molar-refractivity contribution in [1.29, 1.82) is 0 Å². The van der Waals surface area contributed by atoms with Crippen LogP contribution in [0.4, 0.5) is 0 Å².